The Morgan fingerprint density at radius 2 is 2.37 bits per heavy atom. The molecule has 0 aliphatic heterocycles. The maximum atomic E-state index is 12.1. The Kier molecular flexibility index (Phi) is 4.76. The second kappa shape index (κ2) is 6.54. The first-order valence-corrected chi connectivity index (χ1v) is 7.17. The van der Waals surface area contributed by atoms with Crippen molar-refractivity contribution < 1.29 is 4.79 Å². The molecule has 1 amide bonds. The van der Waals surface area contributed by atoms with Crippen LogP contribution in [0.25, 0.3) is 0 Å². The molecule has 1 heterocycles. The number of anilines is 2. The van der Waals surface area contributed by atoms with Crippen molar-refractivity contribution >= 4 is 39.7 Å². The van der Waals surface area contributed by atoms with E-state index in [0.717, 1.165) is 5.69 Å². The molecule has 2 N–H and O–H groups in total. The predicted octanol–water partition coefficient (Wildman–Crippen LogP) is 3.63. The Balaban J connectivity index is 2.01. The zero-order valence-electron chi connectivity index (χ0n) is 10.4. The van der Waals surface area contributed by atoms with Crippen LogP contribution in [-0.4, -0.2) is 16.9 Å². The van der Waals surface area contributed by atoms with Crippen LogP contribution in [0, 0.1) is 0 Å². The first-order valence-electron chi connectivity index (χ1n) is 5.91. The molecular weight excluding hydrogens is 282 g/mol. The van der Waals surface area contributed by atoms with Crippen LogP contribution in [0.2, 0.25) is 5.02 Å². The van der Waals surface area contributed by atoms with Crippen LogP contribution < -0.4 is 10.6 Å². The number of nitrogens with zero attached hydrogens (tertiary/aromatic N) is 1. The van der Waals surface area contributed by atoms with Gasteiger partial charge in [-0.2, -0.15) is 0 Å². The number of aromatic nitrogens is 1. The molecule has 0 aliphatic rings. The Morgan fingerprint density at radius 3 is 3.00 bits per heavy atom. The van der Waals surface area contributed by atoms with Crippen molar-refractivity contribution in [2.45, 2.75) is 19.4 Å². The van der Waals surface area contributed by atoms with Crippen molar-refractivity contribution in [1.82, 2.24) is 4.98 Å². The van der Waals surface area contributed by atoms with Gasteiger partial charge in [0.25, 0.3) is 0 Å². The fraction of sp³-hybridized carbons (Fsp3) is 0.231. The lowest BCUT2D eigenvalue weighted by Crippen LogP contribution is -2.34. The van der Waals surface area contributed by atoms with Gasteiger partial charge in [0.2, 0.25) is 5.91 Å². The van der Waals surface area contributed by atoms with E-state index < -0.39 is 0 Å². The molecule has 100 valence electrons. The molecule has 0 bridgehead atoms. The topological polar surface area (TPSA) is 54.0 Å². The molecule has 0 radical (unpaired) electrons. The highest BCUT2D eigenvalue weighted by atomic mass is 35.5. The summed E-state index contributed by atoms with van der Waals surface area (Å²) >= 11 is 7.31. The van der Waals surface area contributed by atoms with Crippen LogP contribution in [0.1, 0.15) is 13.3 Å². The minimum atomic E-state index is -0.317. The predicted molar refractivity (Wildman–Crippen MR) is 79.9 cm³/mol. The van der Waals surface area contributed by atoms with Crippen molar-refractivity contribution in [3.8, 4) is 0 Å². The molecule has 0 aliphatic carbocycles. The summed E-state index contributed by atoms with van der Waals surface area (Å²) in [5.74, 6) is -0.0996. The van der Waals surface area contributed by atoms with Crippen molar-refractivity contribution in [1.29, 1.82) is 0 Å². The second-order valence-corrected chi connectivity index (χ2v) is 5.27. The summed E-state index contributed by atoms with van der Waals surface area (Å²) in [6.45, 7) is 1.95. The number of thiazole rings is 1. The van der Waals surface area contributed by atoms with E-state index in [9.17, 15) is 4.79 Å². The highest BCUT2D eigenvalue weighted by Crippen LogP contribution is 2.17. The first kappa shape index (κ1) is 13.8. The smallest absolute Gasteiger partial charge is 0.248 e. The number of hydrogen-bond acceptors (Lipinski definition) is 4. The van der Waals surface area contributed by atoms with Gasteiger partial charge in [-0.25, -0.2) is 4.98 Å². The summed E-state index contributed by atoms with van der Waals surface area (Å²) in [5, 5.41) is 9.01. The fourth-order valence-electron chi connectivity index (χ4n) is 1.61. The number of carbonyl (C=O) groups excluding carboxylic acids is 1. The highest BCUT2D eigenvalue weighted by Gasteiger charge is 2.17. The molecule has 0 unspecified atom stereocenters. The molecule has 1 aromatic heterocycles. The molecule has 0 saturated carbocycles. The second-order valence-electron chi connectivity index (χ2n) is 3.94. The van der Waals surface area contributed by atoms with Crippen molar-refractivity contribution in [3.05, 3.63) is 40.9 Å². The SMILES string of the molecule is CC[C@@H](Nc1cccc(Cl)c1)C(=O)Nc1nccs1. The molecule has 0 fully saturated rings. The molecule has 19 heavy (non-hydrogen) atoms. The largest absolute Gasteiger partial charge is 0.374 e. The number of rotatable bonds is 5. The number of hydrogen-bond donors (Lipinski definition) is 2. The van der Waals surface area contributed by atoms with Crippen LogP contribution in [0.15, 0.2) is 35.8 Å². The lowest BCUT2D eigenvalue weighted by Gasteiger charge is -2.17. The van der Waals surface area contributed by atoms with E-state index in [1.807, 2.05) is 24.4 Å². The lowest BCUT2D eigenvalue weighted by atomic mass is 10.2. The standard InChI is InChI=1S/C13H14ClN3OS/c1-2-11(12(18)17-13-15-6-7-19-13)16-10-5-3-4-9(14)8-10/h3-8,11,16H,2H2,1H3,(H,15,17,18)/t11-/m1/s1. The van der Waals surface area contributed by atoms with E-state index in [0.29, 0.717) is 16.6 Å². The first-order chi connectivity index (χ1) is 9.19. The molecule has 0 saturated heterocycles. The minimum Gasteiger partial charge on any atom is -0.374 e. The maximum absolute atomic E-state index is 12.1. The van der Waals surface area contributed by atoms with E-state index >= 15 is 0 Å². The number of amides is 1. The van der Waals surface area contributed by atoms with E-state index in [4.69, 9.17) is 11.6 Å². The van der Waals surface area contributed by atoms with Gasteiger partial charge < -0.3 is 10.6 Å². The Hall–Kier alpha value is -1.59. The van der Waals surface area contributed by atoms with E-state index in [-0.39, 0.29) is 11.9 Å². The van der Waals surface area contributed by atoms with Crippen LogP contribution in [0.5, 0.6) is 0 Å². The van der Waals surface area contributed by atoms with E-state index in [1.54, 1.807) is 18.3 Å². The zero-order chi connectivity index (χ0) is 13.7. The fourth-order valence-corrected chi connectivity index (χ4v) is 2.33. The van der Waals surface area contributed by atoms with Gasteiger partial charge in [-0.05, 0) is 24.6 Å². The Morgan fingerprint density at radius 1 is 1.53 bits per heavy atom. The molecule has 4 nitrogen and oxygen atoms in total. The molecule has 2 aromatic rings. The number of benzene rings is 1. The summed E-state index contributed by atoms with van der Waals surface area (Å²) in [4.78, 5) is 16.1. The van der Waals surface area contributed by atoms with Gasteiger partial charge in [0.15, 0.2) is 5.13 Å². The van der Waals surface area contributed by atoms with Gasteiger partial charge in [-0.3, -0.25) is 4.79 Å². The van der Waals surface area contributed by atoms with Gasteiger partial charge in [-0.1, -0.05) is 24.6 Å². The number of halogens is 1. The van der Waals surface area contributed by atoms with Crippen molar-refractivity contribution in [2.75, 3.05) is 10.6 Å². The third-order valence-corrected chi connectivity index (χ3v) is 3.48. The minimum absolute atomic E-state index is 0.0996. The summed E-state index contributed by atoms with van der Waals surface area (Å²) in [7, 11) is 0. The molecule has 1 aromatic carbocycles. The van der Waals surface area contributed by atoms with Crippen LogP contribution in [-0.2, 0) is 4.79 Å². The van der Waals surface area contributed by atoms with Crippen LogP contribution in [0.3, 0.4) is 0 Å². The average Bonchev–Trinajstić information content (AvgIpc) is 2.88. The summed E-state index contributed by atoms with van der Waals surface area (Å²) in [6.07, 6.45) is 2.33. The highest BCUT2D eigenvalue weighted by molar-refractivity contribution is 7.13. The van der Waals surface area contributed by atoms with Crippen LogP contribution in [0.4, 0.5) is 10.8 Å². The Bertz CT molecular complexity index is 545. The summed E-state index contributed by atoms with van der Waals surface area (Å²) in [6, 6.07) is 6.99. The quantitative estimate of drug-likeness (QED) is 0.886. The summed E-state index contributed by atoms with van der Waals surface area (Å²) < 4.78 is 0. The third-order valence-electron chi connectivity index (χ3n) is 2.55. The van der Waals surface area contributed by atoms with Gasteiger partial charge >= 0.3 is 0 Å². The molecular formula is C13H14ClN3OS. The van der Waals surface area contributed by atoms with Gasteiger partial charge in [-0.15, -0.1) is 11.3 Å². The molecule has 6 heteroatoms. The molecule has 0 spiro atoms. The maximum Gasteiger partial charge on any atom is 0.248 e. The van der Waals surface area contributed by atoms with Gasteiger partial charge in [0.1, 0.15) is 6.04 Å². The van der Waals surface area contributed by atoms with Crippen molar-refractivity contribution in [2.24, 2.45) is 0 Å². The monoisotopic (exact) mass is 295 g/mol. The average molecular weight is 296 g/mol. The van der Waals surface area contributed by atoms with E-state index in [2.05, 4.69) is 15.6 Å². The van der Waals surface area contributed by atoms with Gasteiger partial charge in [0, 0.05) is 22.3 Å². The number of nitrogens with one attached hydrogen (secondary N) is 2. The van der Waals surface area contributed by atoms with Gasteiger partial charge in [0.05, 0.1) is 0 Å². The zero-order valence-corrected chi connectivity index (χ0v) is 12.0. The Labute approximate surface area is 120 Å². The normalized spacial score (nSPS) is 11.9. The molecule has 2 rings (SSSR count). The lowest BCUT2D eigenvalue weighted by molar-refractivity contribution is -0.116. The van der Waals surface area contributed by atoms with Crippen molar-refractivity contribution in [3.63, 3.8) is 0 Å². The molecule has 1 atom stereocenters. The number of carbonyl (C=O) groups is 1. The van der Waals surface area contributed by atoms with E-state index in [1.165, 1.54) is 11.3 Å². The van der Waals surface area contributed by atoms with Crippen LogP contribution >= 0.6 is 22.9 Å². The third kappa shape index (κ3) is 3.94. The summed E-state index contributed by atoms with van der Waals surface area (Å²) in [5.41, 5.74) is 0.827.